The summed E-state index contributed by atoms with van der Waals surface area (Å²) in [6, 6.07) is 0. The van der Waals surface area contributed by atoms with Crippen molar-refractivity contribution in [2.24, 2.45) is 17.8 Å². The van der Waals surface area contributed by atoms with Crippen molar-refractivity contribution in [3.63, 3.8) is 0 Å². The fourth-order valence-corrected chi connectivity index (χ4v) is 3.55. The summed E-state index contributed by atoms with van der Waals surface area (Å²) in [6.07, 6.45) is 0.829. The van der Waals surface area contributed by atoms with Gasteiger partial charge < -0.3 is 19.5 Å². The summed E-state index contributed by atoms with van der Waals surface area (Å²) in [6.45, 7) is 16.0. The highest BCUT2D eigenvalue weighted by Gasteiger charge is 2.34. The van der Waals surface area contributed by atoms with Crippen LogP contribution in [0.5, 0.6) is 0 Å². The van der Waals surface area contributed by atoms with Gasteiger partial charge in [0.25, 0.3) is 0 Å². The van der Waals surface area contributed by atoms with Crippen LogP contribution in [0.3, 0.4) is 0 Å². The third kappa shape index (κ3) is 16.5. The van der Waals surface area contributed by atoms with E-state index in [0.717, 1.165) is 0 Å². The number of rotatable bonds is 22. The molecule has 9 heteroatoms. The number of nitrogens with one attached hydrogen (secondary N) is 1. The van der Waals surface area contributed by atoms with Gasteiger partial charge in [0.05, 0.1) is 45.4 Å². The van der Waals surface area contributed by atoms with Crippen LogP contribution >= 0.6 is 11.8 Å². The van der Waals surface area contributed by atoms with Crippen LogP contribution in [-0.2, 0) is 33.4 Å². The van der Waals surface area contributed by atoms with Gasteiger partial charge in [0.1, 0.15) is 22.9 Å². The summed E-state index contributed by atoms with van der Waals surface area (Å²) in [5.74, 6) is 0.168. The molecule has 0 aromatic heterocycles. The summed E-state index contributed by atoms with van der Waals surface area (Å²) < 4.78 is 17.5. The summed E-state index contributed by atoms with van der Waals surface area (Å²) in [4.78, 5) is 48.8. The number of carbonyl (C=O) groups is 4. The van der Waals surface area contributed by atoms with Gasteiger partial charge in [-0.05, 0) is 5.25 Å². The molecule has 0 heterocycles. The lowest BCUT2D eigenvalue weighted by Gasteiger charge is -2.34. The van der Waals surface area contributed by atoms with E-state index >= 15 is 0 Å². The molecule has 0 aliphatic rings. The first-order valence-corrected chi connectivity index (χ1v) is 14.1. The Balaban J connectivity index is 5.40. The molecule has 1 N–H and O–H groups in total. The van der Waals surface area contributed by atoms with Crippen molar-refractivity contribution in [3.05, 3.63) is 0 Å². The van der Waals surface area contributed by atoms with Gasteiger partial charge in [-0.2, -0.15) is 0 Å². The van der Waals surface area contributed by atoms with Crippen molar-refractivity contribution >= 4 is 35.0 Å². The quantitative estimate of drug-likeness (QED) is 0.210. The third-order valence-corrected chi connectivity index (χ3v) is 6.59. The molecule has 36 heavy (non-hydrogen) atoms. The molecule has 0 bridgehead atoms. The zero-order valence-corrected chi connectivity index (χ0v) is 24.5. The van der Waals surface area contributed by atoms with E-state index in [-0.39, 0.29) is 106 Å². The van der Waals surface area contributed by atoms with E-state index in [4.69, 9.17) is 14.2 Å². The van der Waals surface area contributed by atoms with Crippen molar-refractivity contribution in [3.8, 4) is 0 Å². The minimum Gasteiger partial charge on any atom is -0.378 e. The summed E-state index contributed by atoms with van der Waals surface area (Å²) >= 11 is 1.52. The SMILES string of the molecule is CC(C)SCC(=O)NC(COCCC(=O)C(C)C)(COCCC(=O)C(C)C)COCCC(=O)C(C)C. The molecule has 0 radical (unpaired) electrons. The van der Waals surface area contributed by atoms with Gasteiger partial charge in [-0.1, -0.05) is 55.4 Å². The van der Waals surface area contributed by atoms with Crippen molar-refractivity contribution in [2.45, 2.75) is 85.4 Å². The van der Waals surface area contributed by atoms with Gasteiger partial charge in [-0.25, -0.2) is 0 Å². The smallest absolute Gasteiger partial charge is 0.230 e. The number of hydrogen-bond donors (Lipinski definition) is 1. The molecule has 0 aromatic rings. The monoisotopic (exact) mass is 531 g/mol. The second-order valence-corrected chi connectivity index (χ2v) is 12.0. The number of ketones is 3. The maximum absolute atomic E-state index is 12.8. The molecule has 0 spiro atoms. The number of carbonyl (C=O) groups excluding carboxylic acids is 4. The lowest BCUT2D eigenvalue weighted by Crippen LogP contribution is -2.59. The molecule has 0 aliphatic carbocycles. The van der Waals surface area contributed by atoms with Crippen LogP contribution in [0.25, 0.3) is 0 Å². The van der Waals surface area contributed by atoms with E-state index in [1.54, 1.807) is 0 Å². The Hall–Kier alpha value is -1.29. The van der Waals surface area contributed by atoms with Gasteiger partial charge in [0, 0.05) is 37.0 Å². The van der Waals surface area contributed by atoms with Crippen LogP contribution in [0, 0.1) is 17.8 Å². The first-order chi connectivity index (χ1) is 16.8. The van der Waals surface area contributed by atoms with Crippen molar-refractivity contribution in [2.75, 3.05) is 45.4 Å². The predicted molar refractivity (Wildman–Crippen MR) is 144 cm³/mol. The Morgan fingerprint density at radius 2 is 0.972 bits per heavy atom. The van der Waals surface area contributed by atoms with Gasteiger partial charge in [0.15, 0.2) is 0 Å². The fraction of sp³-hybridized carbons (Fsp3) is 0.852. The second kappa shape index (κ2) is 18.9. The highest BCUT2D eigenvalue weighted by molar-refractivity contribution is 8.00. The van der Waals surface area contributed by atoms with Crippen molar-refractivity contribution in [1.29, 1.82) is 0 Å². The molecule has 0 fully saturated rings. The molecule has 1 amide bonds. The minimum atomic E-state index is -1.02. The molecule has 0 unspecified atom stereocenters. The van der Waals surface area contributed by atoms with Gasteiger partial charge in [-0.3, -0.25) is 19.2 Å². The summed E-state index contributed by atoms with van der Waals surface area (Å²) in [5.41, 5.74) is -1.02. The molecule has 210 valence electrons. The van der Waals surface area contributed by atoms with Crippen LogP contribution < -0.4 is 5.32 Å². The number of hydrogen-bond acceptors (Lipinski definition) is 8. The Labute approximate surface area is 222 Å². The summed E-state index contributed by atoms with van der Waals surface area (Å²) in [5, 5.41) is 3.32. The Bertz CT molecular complexity index is 608. The largest absolute Gasteiger partial charge is 0.378 e. The topological polar surface area (TPSA) is 108 Å². The van der Waals surface area contributed by atoms with Crippen molar-refractivity contribution < 1.29 is 33.4 Å². The number of thioether (sulfide) groups is 1. The van der Waals surface area contributed by atoms with Crippen molar-refractivity contribution in [1.82, 2.24) is 5.32 Å². The average Bonchev–Trinajstić information content (AvgIpc) is 2.80. The Morgan fingerprint density at radius 3 is 1.25 bits per heavy atom. The standard InChI is InChI=1S/C27H49NO7S/c1-19(2)23(29)9-12-33-16-27(28-26(32)15-36-22(7)8,17-34-13-10-24(30)20(3)4)18-35-14-11-25(31)21(5)6/h19-22H,9-18H2,1-8H3,(H,28,32). The lowest BCUT2D eigenvalue weighted by atomic mass is 10.0. The number of amides is 1. The molecule has 0 atom stereocenters. The lowest BCUT2D eigenvalue weighted by molar-refractivity contribution is -0.129. The van der Waals surface area contributed by atoms with Gasteiger partial charge in [-0.15, -0.1) is 11.8 Å². The molecule has 0 aromatic carbocycles. The maximum atomic E-state index is 12.8. The van der Waals surface area contributed by atoms with E-state index in [9.17, 15) is 19.2 Å². The van der Waals surface area contributed by atoms with Crippen LogP contribution in [0.4, 0.5) is 0 Å². The van der Waals surface area contributed by atoms with E-state index < -0.39 is 5.54 Å². The first-order valence-electron chi connectivity index (χ1n) is 13.0. The molecule has 8 nitrogen and oxygen atoms in total. The highest BCUT2D eigenvalue weighted by Crippen LogP contribution is 2.14. The van der Waals surface area contributed by atoms with Crippen LogP contribution in [-0.4, -0.2) is 79.4 Å². The van der Waals surface area contributed by atoms with E-state index in [0.29, 0.717) is 5.25 Å². The van der Waals surface area contributed by atoms with Crippen LogP contribution in [0.1, 0.15) is 74.7 Å². The van der Waals surface area contributed by atoms with Crippen LogP contribution in [0.2, 0.25) is 0 Å². The second-order valence-electron chi connectivity index (χ2n) is 10.5. The molecular weight excluding hydrogens is 482 g/mol. The molecule has 0 saturated carbocycles. The zero-order chi connectivity index (χ0) is 27.7. The number of Topliss-reactive ketones (excluding diaryl/α,β-unsaturated/α-hetero) is 3. The zero-order valence-electron chi connectivity index (χ0n) is 23.6. The summed E-state index contributed by atoms with van der Waals surface area (Å²) in [7, 11) is 0. The number of ether oxygens (including phenoxy) is 3. The Kier molecular flexibility index (Phi) is 18.2. The Morgan fingerprint density at radius 1 is 0.639 bits per heavy atom. The maximum Gasteiger partial charge on any atom is 0.230 e. The predicted octanol–water partition coefficient (Wildman–Crippen LogP) is 3.88. The molecule has 0 saturated heterocycles. The van der Waals surface area contributed by atoms with Gasteiger partial charge >= 0.3 is 0 Å². The molecular formula is C27H49NO7S. The normalized spacial score (nSPS) is 12.1. The average molecular weight is 532 g/mol. The first kappa shape index (κ1) is 34.7. The van der Waals surface area contributed by atoms with E-state index in [1.165, 1.54) is 11.8 Å². The van der Waals surface area contributed by atoms with E-state index in [1.807, 2.05) is 55.4 Å². The third-order valence-electron chi connectivity index (χ3n) is 5.50. The van der Waals surface area contributed by atoms with E-state index in [2.05, 4.69) is 5.32 Å². The minimum absolute atomic E-state index is 0.0743. The van der Waals surface area contributed by atoms with Crippen LogP contribution in [0.15, 0.2) is 0 Å². The fourth-order valence-electron chi connectivity index (χ4n) is 2.99. The van der Waals surface area contributed by atoms with Gasteiger partial charge in [0.2, 0.25) is 5.91 Å². The molecule has 0 rings (SSSR count). The molecule has 0 aliphatic heterocycles. The highest BCUT2D eigenvalue weighted by atomic mass is 32.2.